The fourth-order valence-corrected chi connectivity index (χ4v) is 8.12. The minimum atomic E-state index is -2.71. The van der Waals surface area contributed by atoms with Crippen molar-refractivity contribution in [3.63, 3.8) is 0 Å². The molecule has 0 aliphatic carbocycles. The lowest BCUT2D eigenvalue weighted by molar-refractivity contribution is -0.112. The van der Waals surface area contributed by atoms with Gasteiger partial charge < -0.3 is 9.22 Å². The molecule has 28 heavy (non-hydrogen) atoms. The van der Waals surface area contributed by atoms with Crippen molar-refractivity contribution < 1.29 is 9.22 Å². The highest BCUT2D eigenvalue weighted by atomic mass is 28.4. The van der Waals surface area contributed by atoms with Crippen LogP contribution >= 0.6 is 0 Å². The van der Waals surface area contributed by atoms with Gasteiger partial charge in [-0.2, -0.15) is 0 Å². The van der Waals surface area contributed by atoms with Gasteiger partial charge >= 0.3 is 0 Å². The van der Waals surface area contributed by atoms with Crippen LogP contribution in [-0.4, -0.2) is 20.7 Å². The molecular weight excluding hydrogens is 360 g/mol. The first-order valence-corrected chi connectivity index (χ1v) is 11.9. The Hall–Kier alpha value is -2.23. The second kappa shape index (κ2) is 10.3. The largest absolute Gasteiger partial charge is 0.394 e. The zero-order valence-corrected chi connectivity index (χ0v) is 18.5. The van der Waals surface area contributed by atoms with Crippen LogP contribution in [0.25, 0.3) is 0 Å². The summed E-state index contributed by atoms with van der Waals surface area (Å²) < 4.78 is 6.79. The molecule has 148 valence electrons. The Balaban J connectivity index is 2.51. The summed E-state index contributed by atoms with van der Waals surface area (Å²) in [5.41, 5.74) is 0. The van der Waals surface area contributed by atoms with Gasteiger partial charge in [-0.05, 0) is 28.3 Å². The summed E-state index contributed by atoms with van der Waals surface area (Å²) in [5, 5.41) is 2.21. The summed E-state index contributed by atoms with van der Waals surface area (Å²) in [6.45, 7) is 8.76. The van der Waals surface area contributed by atoms with Gasteiger partial charge in [-0.1, -0.05) is 113 Å². The van der Waals surface area contributed by atoms with Crippen LogP contribution in [0.4, 0.5) is 0 Å². The molecule has 0 aliphatic heterocycles. The first-order valence-electron chi connectivity index (χ1n) is 10.0. The highest BCUT2D eigenvalue weighted by Crippen LogP contribution is 2.37. The van der Waals surface area contributed by atoms with Crippen LogP contribution in [0.15, 0.2) is 85.0 Å². The minimum absolute atomic E-state index is 0.146. The number of allylic oxidation sites excluding steroid dienone is 3. The van der Waals surface area contributed by atoms with E-state index >= 15 is 0 Å². The average molecular weight is 393 g/mol. The molecule has 0 aromatic heterocycles. The fourth-order valence-electron chi connectivity index (χ4n) is 3.56. The summed E-state index contributed by atoms with van der Waals surface area (Å²) in [6, 6.07) is 20.8. The highest BCUT2D eigenvalue weighted by Gasteiger charge is 2.51. The third-order valence-electron chi connectivity index (χ3n) is 4.86. The van der Waals surface area contributed by atoms with Gasteiger partial charge in [0.25, 0.3) is 8.32 Å². The summed E-state index contributed by atoms with van der Waals surface area (Å²) >= 11 is 0. The first kappa shape index (κ1) is 22.1. The van der Waals surface area contributed by atoms with Gasteiger partial charge in [-0.3, -0.25) is 0 Å². The Morgan fingerprint density at radius 2 is 1.43 bits per heavy atom. The van der Waals surface area contributed by atoms with Gasteiger partial charge in [0.1, 0.15) is 6.10 Å². The van der Waals surface area contributed by atoms with Gasteiger partial charge in [0, 0.05) is 0 Å². The van der Waals surface area contributed by atoms with Crippen LogP contribution in [0.1, 0.15) is 40.5 Å². The molecule has 0 aliphatic rings. The second-order valence-corrected chi connectivity index (χ2v) is 12.2. The molecule has 0 unspecified atom stereocenters. The van der Waals surface area contributed by atoms with Gasteiger partial charge in [-0.15, -0.1) is 0 Å². The molecular formula is C25H32O2Si. The quantitative estimate of drug-likeness (QED) is 0.339. The molecule has 2 rings (SSSR count). The Morgan fingerprint density at radius 3 is 1.86 bits per heavy atom. The van der Waals surface area contributed by atoms with Crippen molar-refractivity contribution in [2.45, 2.75) is 51.7 Å². The van der Waals surface area contributed by atoms with E-state index in [4.69, 9.17) is 4.43 Å². The van der Waals surface area contributed by atoms with Gasteiger partial charge in [-0.25, -0.2) is 0 Å². The normalized spacial score (nSPS) is 13.9. The van der Waals surface area contributed by atoms with Crippen LogP contribution in [0.3, 0.4) is 0 Å². The van der Waals surface area contributed by atoms with Crippen molar-refractivity contribution in [3.8, 4) is 0 Å². The number of rotatable bonds is 9. The molecule has 2 aromatic rings. The molecule has 2 aromatic carbocycles. The lowest BCUT2D eigenvalue weighted by atomic mass is 10.2. The van der Waals surface area contributed by atoms with Crippen molar-refractivity contribution >= 4 is 25.0 Å². The predicted molar refractivity (Wildman–Crippen MR) is 122 cm³/mol. The number of carbonyl (C=O) groups is 1. The van der Waals surface area contributed by atoms with Crippen LogP contribution in [0, 0.1) is 0 Å². The maximum absolute atomic E-state index is 11.9. The Morgan fingerprint density at radius 1 is 0.893 bits per heavy atom. The van der Waals surface area contributed by atoms with E-state index < -0.39 is 14.4 Å². The standard InChI is InChI=1S/C25H32O2Si/c1-5-6-7-8-11-16-22(21-26)27-28(25(2,3)4,23-17-12-9-13-18-23)24-19-14-10-15-20-24/h6-7,9-22H,5,8H2,1-4H3/b7-6-,16-11-/t22-/m0/s1. The van der Waals surface area contributed by atoms with E-state index in [1.165, 1.54) is 10.4 Å². The molecule has 0 radical (unpaired) electrons. The fraction of sp³-hybridized carbons (Fsp3) is 0.320. The van der Waals surface area contributed by atoms with Crippen molar-refractivity contribution in [1.82, 2.24) is 0 Å². The summed E-state index contributed by atoms with van der Waals surface area (Å²) in [4.78, 5) is 11.9. The Bertz CT molecular complexity index is 734. The molecule has 0 N–H and O–H groups in total. The Kier molecular flexibility index (Phi) is 8.15. The zero-order chi connectivity index (χ0) is 20.5. The molecule has 0 spiro atoms. The van der Waals surface area contributed by atoms with Crippen molar-refractivity contribution in [2.75, 3.05) is 0 Å². The topological polar surface area (TPSA) is 26.3 Å². The van der Waals surface area contributed by atoms with Crippen LogP contribution in [0.2, 0.25) is 5.04 Å². The number of hydrogen-bond acceptors (Lipinski definition) is 2. The third kappa shape index (κ3) is 5.18. The van der Waals surface area contributed by atoms with Crippen LogP contribution < -0.4 is 10.4 Å². The lowest BCUT2D eigenvalue weighted by Gasteiger charge is -2.44. The predicted octanol–water partition coefficient (Wildman–Crippen LogP) is 5.04. The monoisotopic (exact) mass is 392 g/mol. The number of carbonyl (C=O) groups excluding carboxylic acids is 1. The van der Waals surface area contributed by atoms with Crippen molar-refractivity contribution in [3.05, 3.63) is 85.0 Å². The molecule has 0 bridgehead atoms. The second-order valence-electron chi connectivity index (χ2n) is 7.93. The maximum atomic E-state index is 11.9. The van der Waals surface area contributed by atoms with E-state index in [1.54, 1.807) is 0 Å². The molecule has 0 fully saturated rings. The molecule has 1 atom stereocenters. The van der Waals surface area contributed by atoms with E-state index in [1.807, 2.05) is 24.3 Å². The van der Waals surface area contributed by atoms with Gasteiger partial charge in [0.15, 0.2) is 6.29 Å². The molecule has 0 saturated heterocycles. The lowest BCUT2D eigenvalue weighted by Crippen LogP contribution is -2.67. The number of hydrogen-bond donors (Lipinski definition) is 0. The third-order valence-corrected chi connectivity index (χ3v) is 9.89. The SMILES string of the molecule is CC/C=C\C/C=C\[C@@H](C=O)O[Si](c1ccccc1)(c1ccccc1)C(C)(C)C. The van der Waals surface area contributed by atoms with Crippen molar-refractivity contribution in [1.29, 1.82) is 0 Å². The van der Waals surface area contributed by atoms with E-state index in [0.717, 1.165) is 19.1 Å². The molecule has 0 saturated carbocycles. The first-order chi connectivity index (χ1) is 13.5. The van der Waals surface area contributed by atoms with Gasteiger partial charge in [0.05, 0.1) is 0 Å². The van der Waals surface area contributed by atoms with Gasteiger partial charge in [0.2, 0.25) is 0 Å². The molecule has 3 heteroatoms. The molecule has 0 amide bonds. The Labute approximate surface area is 171 Å². The molecule has 2 nitrogen and oxygen atoms in total. The summed E-state index contributed by atoms with van der Waals surface area (Å²) in [7, 11) is -2.71. The summed E-state index contributed by atoms with van der Waals surface area (Å²) in [6.07, 6.45) is 10.3. The van der Waals surface area contributed by atoms with E-state index in [2.05, 4.69) is 88.4 Å². The van der Waals surface area contributed by atoms with E-state index in [-0.39, 0.29) is 5.04 Å². The van der Waals surface area contributed by atoms with E-state index in [0.29, 0.717) is 0 Å². The minimum Gasteiger partial charge on any atom is -0.394 e. The maximum Gasteiger partial charge on any atom is 0.262 e. The van der Waals surface area contributed by atoms with Crippen LogP contribution in [0.5, 0.6) is 0 Å². The summed E-state index contributed by atoms with van der Waals surface area (Å²) in [5.74, 6) is 0. The van der Waals surface area contributed by atoms with Crippen LogP contribution in [-0.2, 0) is 9.22 Å². The molecule has 0 heterocycles. The van der Waals surface area contributed by atoms with E-state index in [9.17, 15) is 4.79 Å². The van der Waals surface area contributed by atoms with Crippen molar-refractivity contribution in [2.24, 2.45) is 0 Å². The number of aldehydes is 1. The number of benzene rings is 2. The smallest absolute Gasteiger partial charge is 0.262 e. The average Bonchev–Trinajstić information content (AvgIpc) is 2.70. The zero-order valence-electron chi connectivity index (χ0n) is 17.5. The highest BCUT2D eigenvalue weighted by molar-refractivity contribution is 6.99.